The highest BCUT2D eigenvalue weighted by atomic mass is 16.5. The van der Waals surface area contributed by atoms with Crippen LogP contribution in [0.5, 0.6) is 11.5 Å². The van der Waals surface area contributed by atoms with Gasteiger partial charge in [-0.25, -0.2) is 4.79 Å². The molecule has 1 rings (SSSR count). The number of rotatable bonds is 7. The summed E-state index contributed by atoms with van der Waals surface area (Å²) in [5.74, 6) is -0.540. The van der Waals surface area contributed by atoms with Gasteiger partial charge in [0, 0.05) is 5.56 Å². The lowest BCUT2D eigenvalue weighted by Gasteiger charge is -2.14. The first-order valence-corrected chi connectivity index (χ1v) is 6.37. The van der Waals surface area contributed by atoms with Crippen LogP contribution in [-0.4, -0.2) is 36.7 Å². The number of ether oxygens (including phenoxy) is 2. The first-order chi connectivity index (χ1) is 9.53. The maximum atomic E-state index is 12.0. The van der Waals surface area contributed by atoms with Gasteiger partial charge in [0.15, 0.2) is 11.5 Å². The fourth-order valence-corrected chi connectivity index (χ4v) is 1.67. The summed E-state index contributed by atoms with van der Waals surface area (Å²) < 4.78 is 10.5. The van der Waals surface area contributed by atoms with Crippen LogP contribution in [0.2, 0.25) is 0 Å². The van der Waals surface area contributed by atoms with Gasteiger partial charge in [-0.05, 0) is 31.5 Å². The van der Waals surface area contributed by atoms with Crippen molar-refractivity contribution in [2.45, 2.75) is 26.3 Å². The van der Waals surface area contributed by atoms with Crippen LogP contribution in [0, 0.1) is 0 Å². The molecule has 6 heteroatoms. The molecule has 0 radical (unpaired) electrons. The highest BCUT2D eigenvalue weighted by Gasteiger charge is 2.19. The lowest BCUT2D eigenvalue weighted by molar-refractivity contribution is -0.139. The Balaban J connectivity index is 2.93. The molecule has 110 valence electrons. The summed E-state index contributed by atoms with van der Waals surface area (Å²) in [6, 6.07) is 3.80. The zero-order chi connectivity index (χ0) is 15.1. The minimum atomic E-state index is -1.06. The number of methoxy groups -OCH3 is 1. The second-order valence-electron chi connectivity index (χ2n) is 4.07. The van der Waals surface area contributed by atoms with Gasteiger partial charge in [0.2, 0.25) is 0 Å². The standard InChI is InChI=1S/C14H19NO5/c1-4-10(14(17)18)15-13(16)9-6-7-11(19-3)12(8-9)20-5-2/h6-8,10H,4-5H2,1-3H3,(H,15,16)(H,17,18)/t10-/m1/s1. The first kappa shape index (κ1) is 15.8. The van der Waals surface area contributed by atoms with Gasteiger partial charge in [-0.15, -0.1) is 0 Å². The Bertz CT molecular complexity index is 486. The normalized spacial score (nSPS) is 11.6. The van der Waals surface area contributed by atoms with Gasteiger partial charge in [0.25, 0.3) is 5.91 Å². The molecule has 0 fully saturated rings. The molecule has 0 bridgehead atoms. The number of benzene rings is 1. The number of amides is 1. The quantitative estimate of drug-likeness (QED) is 0.794. The van der Waals surface area contributed by atoms with Crippen molar-refractivity contribution in [1.82, 2.24) is 5.32 Å². The second-order valence-corrected chi connectivity index (χ2v) is 4.07. The Morgan fingerprint density at radius 1 is 1.30 bits per heavy atom. The van der Waals surface area contributed by atoms with E-state index in [4.69, 9.17) is 14.6 Å². The van der Waals surface area contributed by atoms with E-state index in [0.717, 1.165) is 0 Å². The number of hydrogen-bond acceptors (Lipinski definition) is 4. The largest absolute Gasteiger partial charge is 0.493 e. The fraction of sp³-hybridized carbons (Fsp3) is 0.429. The average Bonchev–Trinajstić information content (AvgIpc) is 2.44. The molecule has 0 aliphatic rings. The molecule has 1 atom stereocenters. The van der Waals surface area contributed by atoms with Crippen LogP contribution in [0.25, 0.3) is 0 Å². The molecule has 0 spiro atoms. The Morgan fingerprint density at radius 2 is 2.00 bits per heavy atom. The summed E-state index contributed by atoms with van der Waals surface area (Å²) in [6.07, 6.45) is 0.315. The van der Waals surface area contributed by atoms with Crippen molar-refractivity contribution in [1.29, 1.82) is 0 Å². The monoisotopic (exact) mass is 281 g/mol. The Labute approximate surface area is 117 Å². The number of carbonyl (C=O) groups is 2. The van der Waals surface area contributed by atoms with Crippen LogP contribution in [0.3, 0.4) is 0 Å². The van der Waals surface area contributed by atoms with E-state index in [2.05, 4.69) is 5.32 Å². The molecule has 2 N–H and O–H groups in total. The van der Waals surface area contributed by atoms with Gasteiger partial charge < -0.3 is 19.9 Å². The van der Waals surface area contributed by atoms with Crippen molar-refractivity contribution < 1.29 is 24.2 Å². The Morgan fingerprint density at radius 3 is 2.50 bits per heavy atom. The van der Waals surface area contributed by atoms with E-state index in [0.29, 0.717) is 30.1 Å². The average molecular weight is 281 g/mol. The molecule has 0 saturated heterocycles. The van der Waals surface area contributed by atoms with Gasteiger partial charge in [-0.3, -0.25) is 4.79 Å². The topological polar surface area (TPSA) is 84.9 Å². The van der Waals surface area contributed by atoms with Gasteiger partial charge in [0.1, 0.15) is 6.04 Å². The lowest BCUT2D eigenvalue weighted by Crippen LogP contribution is -2.40. The highest BCUT2D eigenvalue weighted by molar-refractivity contribution is 5.97. The zero-order valence-electron chi connectivity index (χ0n) is 11.8. The van der Waals surface area contributed by atoms with Crippen molar-refractivity contribution in [3.63, 3.8) is 0 Å². The zero-order valence-corrected chi connectivity index (χ0v) is 11.8. The third-order valence-electron chi connectivity index (χ3n) is 2.74. The minimum Gasteiger partial charge on any atom is -0.493 e. The van der Waals surface area contributed by atoms with E-state index in [1.54, 1.807) is 19.1 Å². The van der Waals surface area contributed by atoms with Gasteiger partial charge in [0.05, 0.1) is 13.7 Å². The summed E-state index contributed by atoms with van der Waals surface area (Å²) in [4.78, 5) is 22.9. The van der Waals surface area contributed by atoms with Crippen LogP contribution in [0.1, 0.15) is 30.6 Å². The maximum Gasteiger partial charge on any atom is 0.326 e. The highest BCUT2D eigenvalue weighted by Crippen LogP contribution is 2.28. The number of carbonyl (C=O) groups excluding carboxylic acids is 1. The van der Waals surface area contributed by atoms with E-state index < -0.39 is 17.9 Å². The molecular formula is C14H19NO5. The number of hydrogen-bond donors (Lipinski definition) is 2. The molecule has 1 aromatic carbocycles. The predicted octanol–water partition coefficient (Wildman–Crippen LogP) is 1.69. The molecule has 0 heterocycles. The predicted molar refractivity (Wildman–Crippen MR) is 73.3 cm³/mol. The van der Waals surface area contributed by atoms with E-state index in [1.165, 1.54) is 13.2 Å². The molecule has 1 aromatic rings. The molecule has 6 nitrogen and oxygen atoms in total. The molecule has 0 aromatic heterocycles. The molecule has 1 amide bonds. The summed E-state index contributed by atoms with van der Waals surface area (Å²) in [5, 5.41) is 11.4. The van der Waals surface area contributed by atoms with Gasteiger partial charge in [-0.1, -0.05) is 6.92 Å². The van der Waals surface area contributed by atoms with Gasteiger partial charge in [-0.2, -0.15) is 0 Å². The van der Waals surface area contributed by atoms with Crippen molar-refractivity contribution in [3.05, 3.63) is 23.8 Å². The molecule has 0 aliphatic heterocycles. The van der Waals surface area contributed by atoms with Crippen LogP contribution in [0.15, 0.2) is 18.2 Å². The summed E-state index contributed by atoms with van der Waals surface area (Å²) >= 11 is 0. The van der Waals surface area contributed by atoms with Crippen LogP contribution >= 0.6 is 0 Å². The van der Waals surface area contributed by atoms with E-state index in [-0.39, 0.29) is 0 Å². The maximum absolute atomic E-state index is 12.0. The molecule has 0 saturated carbocycles. The Hall–Kier alpha value is -2.24. The molecule has 0 aliphatic carbocycles. The SMILES string of the molecule is CCOc1cc(C(=O)N[C@H](CC)C(=O)O)ccc1OC. The number of carboxylic acids is 1. The van der Waals surface area contributed by atoms with Crippen LogP contribution < -0.4 is 14.8 Å². The third kappa shape index (κ3) is 3.88. The number of carboxylic acid groups (broad SMARTS) is 1. The van der Waals surface area contributed by atoms with Crippen molar-refractivity contribution in [2.75, 3.05) is 13.7 Å². The number of nitrogens with one attached hydrogen (secondary N) is 1. The van der Waals surface area contributed by atoms with E-state index in [9.17, 15) is 9.59 Å². The Kier molecular flexibility index (Phi) is 5.83. The van der Waals surface area contributed by atoms with Crippen LogP contribution in [-0.2, 0) is 4.79 Å². The lowest BCUT2D eigenvalue weighted by atomic mass is 10.1. The van der Waals surface area contributed by atoms with Crippen molar-refractivity contribution >= 4 is 11.9 Å². The molecular weight excluding hydrogens is 262 g/mol. The van der Waals surface area contributed by atoms with E-state index in [1.807, 2.05) is 6.92 Å². The third-order valence-corrected chi connectivity index (χ3v) is 2.74. The second kappa shape index (κ2) is 7.37. The fourth-order valence-electron chi connectivity index (χ4n) is 1.67. The number of aliphatic carboxylic acids is 1. The summed E-state index contributed by atoms with van der Waals surface area (Å²) in [7, 11) is 1.51. The van der Waals surface area contributed by atoms with Gasteiger partial charge >= 0.3 is 5.97 Å². The molecule has 20 heavy (non-hydrogen) atoms. The summed E-state index contributed by atoms with van der Waals surface area (Å²) in [5.41, 5.74) is 0.328. The smallest absolute Gasteiger partial charge is 0.326 e. The van der Waals surface area contributed by atoms with Crippen LogP contribution in [0.4, 0.5) is 0 Å². The molecule has 0 unspecified atom stereocenters. The van der Waals surface area contributed by atoms with E-state index >= 15 is 0 Å². The first-order valence-electron chi connectivity index (χ1n) is 6.37. The van der Waals surface area contributed by atoms with Crippen molar-refractivity contribution in [2.24, 2.45) is 0 Å². The summed E-state index contributed by atoms with van der Waals surface area (Å²) in [6.45, 7) is 3.95. The minimum absolute atomic E-state index is 0.315. The van der Waals surface area contributed by atoms with Crippen molar-refractivity contribution in [3.8, 4) is 11.5 Å².